The number of aromatic amines is 1. The highest BCUT2D eigenvalue weighted by Crippen LogP contribution is 2.30. The van der Waals surface area contributed by atoms with E-state index in [0.29, 0.717) is 33.8 Å². The number of rotatable bonds is 11. The van der Waals surface area contributed by atoms with Crippen molar-refractivity contribution in [1.82, 2.24) is 25.1 Å². The summed E-state index contributed by atoms with van der Waals surface area (Å²) in [5, 5.41) is 19.1. The van der Waals surface area contributed by atoms with E-state index in [2.05, 4.69) is 37.5 Å². The molecule has 0 fully saturated rings. The number of benzene rings is 2. The molecular weight excluding hydrogens is 530 g/mol. The maximum Gasteiger partial charge on any atom is 0.301 e. The number of nitrogens with zero attached hydrogens (tertiary/aromatic N) is 5. The first-order valence-electron chi connectivity index (χ1n) is 12.7. The van der Waals surface area contributed by atoms with Gasteiger partial charge in [-0.05, 0) is 18.6 Å². The number of azo groups is 1. The minimum Gasteiger partial charge on any atom is -0.352 e. The number of carbonyl (C=O) groups is 1. The van der Waals surface area contributed by atoms with Gasteiger partial charge in [0.15, 0.2) is 5.69 Å². The third kappa shape index (κ3) is 6.27. The summed E-state index contributed by atoms with van der Waals surface area (Å²) in [5.41, 5.74) is 3.33. The molecule has 0 unspecified atom stereocenters. The fourth-order valence-electron chi connectivity index (χ4n) is 3.97. The van der Waals surface area contributed by atoms with Gasteiger partial charge >= 0.3 is 5.56 Å². The van der Waals surface area contributed by atoms with Crippen molar-refractivity contribution in [2.24, 2.45) is 10.2 Å². The van der Waals surface area contributed by atoms with Crippen molar-refractivity contribution in [2.75, 3.05) is 6.54 Å². The van der Waals surface area contributed by atoms with Crippen LogP contribution in [0.15, 0.2) is 86.6 Å². The topological polar surface area (TPSA) is 117 Å². The average Bonchev–Trinajstić information content (AvgIpc) is 3.73. The predicted octanol–water partition coefficient (Wildman–Crippen LogP) is 7.14. The van der Waals surface area contributed by atoms with Gasteiger partial charge in [-0.2, -0.15) is 4.68 Å². The second-order valence-electron chi connectivity index (χ2n) is 8.77. The Morgan fingerprint density at radius 2 is 1.82 bits per heavy atom. The summed E-state index contributed by atoms with van der Waals surface area (Å²) in [5.74, 6) is -0.0807. The average molecular weight is 558 g/mol. The van der Waals surface area contributed by atoms with Crippen molar-refractivity contribution in [1.29, 1.82) is 0 Å². The summed E-state index contributed by atoms with van der Waals surface area (Å²) in [4.78, 5) is 34.7. The Hall–Kier alpha value is -4.22. The summed E-state index contributed by atoms with van der Waals surface area (Å²) in [7, 11) is 0. The minimum absolute atomic E-state index is 0.0807. The molecule has 11 heteroatoms. The zero-order valence-electron chi connectivity index (χ0n) is 21.3. The summed E-state index contributed by atoms with van der Waals surface area (Å²) in [6.45, 7) is 2.84. The van der Waals surface area contributed by atoms with Crippen LogP contribution in [-0.2, 0) is 0 Å². The van der Waals surface area contributed by atoms with Crippen molar-refractivity contribution < 1.29 is 4.79 Å². The van der Waals surface area contributed by atoms with Crippen LogP contribution in [0.25, 0.3) is 27.6 Å². The van der Waals surface area contributed by atoms with Gasteiger partial charge in [0.05, 0.1) is 11.4 Å². The molecule has 0 aliphatic carbocycles. The van der Waals surface area contributed by atoms with E-state index in [0.717, 1.165) is 24.0 Å². The van der Waals surface area contributed by atoms with Crippen LogP contribution in [0.1, 0.15) is 43.0 Å². The Balaban J connectivity index is 1.38. The number of H-pyrrole nitrogens is 1. The molecule has 1 amide bonds. The van der Waals surface area contributed by atoms with Crippen LogP contribution in [0.5, 0.6) is 0 Å². The standard InChI is InChI=1S/C28H27N7O2S2/c1-2-3-4-8-15-29-25(36)21-13-11-19(12-14-21)22-18-39-28(31-22)35-26(37)24(32-33-27-30-16-17-38-27)23(34-35)20-9-6-5-7-10-20/h5-7,9-14,16-18,34H,2-4,8,15H2,1H3,(H,29,36). The van der Waals surface area contributed by atoms with Gasteiger partial charge in [-0.3, -0.25) is 14.7 Å². The molecule has 0 atom stereocenters. The molecule has 3 aromatic heterocycles. The first kappa shape index (κ1) is 26.4. The molecule has 0 aliphatic heterocycles. The van der Waals surface area contributed by atoms with E-state index in [-0.39, 0.29) is 17.2 Å². The number of thiazole rings is 2. The summed E-state index contributed by atoms with van der Waals surface area (Å²) < 4.78 is 1.38. The molecule has 5 aromatic rings. The van der Waals surface area contributed by atoms with E-state index in [1.54, 1.807) is 23.7 Å². The zero-order chi connectivity index (χ0) is 27.0. The van der Waals surface area contributed by atoms with Crippen LogP contribution in [0, 0.1) is 0 Å². The molecule has 5 rings (SSSR count). The lowest BCUT2D eigenvalue weighted by Crippen LogP contribution is -2.24. The molecule has 198 valence electrons. The lowest BCUT2D eigenvalue weighted by atomic mass is 10.1. The van der Waals surface area contributed by atoms with Gasteiger partial charge in [-0.15, -0.1) is 32.9 Å². The fourth-order valence-corrected chi connectivity index (χ4v) is 5.21. The number of hydrogen-bond acceptors (Lipinski definition) is 8. The molecule has 0 radical (unpaired) electrons. The van der Waals surface area contributed by atoms with Crippen LogP contribution in [-0.4, -0.2) is 32.2 Å². The quantitative estimate of drug-likeness (QED) is 0.133. The Bertz CT molecular complexity index is 1600. The maximum atomic E-state index is 13.4. The molecule has 9 nitrogen and oxygen atoms in total. The number of aromatic nitrogens is 4. The Labute approximate surface area is 233 Å². The number of hydrogen-bond donors (Lipinski definition) is 2. The summed E-state index contributed by atoms with van der Waals surface area (Å²) in [6.07, 6.45) is 6.09. The van der Waals surface area contributed by atoms with E-state index >= 15 is 0 Å². The number of amides is 1. The largest absolute Gasteiger partial charge is 0.352 e. The number of carbonyl (C=O) groups excluding carboxylic acids is 1. The third-order valence-electron chi connectivity index (χ3n) is 6.03. The van der Waals surface area contributed by atoms with E-state index in [9.17, 15) is 9.59 Å². The second kappa shape index (κ2) is 12.5. The number of unbranched alkanes of at least 4 members (excludes halogenated alkanes) is 3. The van der Waals surface area contributed by atoms with E-state index in [1.165, 1.54) is 40.2 Å². The van der Waals surface area contributed by atoms with Crippen LogP contribution in [0.3, 0.4) is 0 Å². The molecule has 39 heavy (non-hydrogen) atoms. The van der Waals surface area contributed by atoms with Gasteiger partial charge in [-0.1, -0.05) is 68.7 Å². The molecule has 2 N–H and O–H groups in total. The van der Waals surface area contributed by atoms with E-state index in [1.807, 2.05) is 47.8 Å². The number of nitrogens with one attached hydrogen (secondary N) is 2. The second-order valence-corrected chi connectivity index (χ2v) is 10.5. The fraction of sp³-hybridized carbons (Fsp3) is 0.214. The lowest BCUT2D eigenvalue weighted by molar-refractivity contribution is 0.0953. The SMILES string of the molecule is CCCCCCNC(=O)c1ccc(-c2csc(-n3[nH]c(-c4ccccc4)c(N=Nc4nccs4)c3=O)n2)cc1. The van der Waals surface area contributed by atoms with Crippen molar-refractivity contribution in [3.63, 3.8) is 0 Å². The van der Waals surface area contributed by atoms with Crippen molar-refractivity contribution in [2.45, 2.75) is 32.6 Å². The van der Waals surface area contributed by atoms with Gasteiger partial charge in [0, 0.05) is 40.2 Å². The molecule has 2 aromatic carbocycles. The van der Waals surface area contributed by atoms with Crippen LogP contribution in [0.2, 0.25) is 0 Å². The molecule has 0 aliphatic rings. The van der Waals surface area contributed by atoms with E-state index < -0.39 is 0 Å². The maximum absolute atomic E-state index is 13.4. The van der Waals surface area contributed by atoms with Gasteiger partial charge in [0.2, 0.25) is 10.3 Å². The molecular formula is C28H27N7O2S2. The third-order valence-corrected chi connectivity index (χ3v) is 7.51. The summed E-state index contributed by atoms with van der Waals surface area (Å²) in [6, 6.07) is 16.8. The molecule has 0 spiro atoms. The summed E-state index contributed by atoms with van der Waals surface area (Å²) >= 11 is 2.67. The highest BCUT2D eigenvalue weighted by atomic mass is 32.1. The van der Waals surface area contributed by atoms with Crippen molar-refractivity contribution >= 4 is 39.4 Å². The van der Waals surface area contributed by atoms with E-state index in [4.69, 9.17) is 0 Å². The lowest BCUT2D eigenvalue weighted by Gasteiger charge is -2.05. The van der Waals surface area contributed by atoms with Crippen LogP contribution >= 0.6 is 22.7 Å². The normalized spacial score (nSPS) is 11.3. The highest BCUT2D eigenvalue weighted by molar-refractivity contribution is 7.13. The molecule has 0 saturated carbocycles. The predicted molar refractivity (Wildman–Crippen MR) is 156 cm³/mol. The Kier molecular flexibility index (Phi) is 8.49. The molecule has 3 heterocycles. The highest BCUT2D eigenvalue weighted by Gasteiger charge is 2.19. The van der Waals surface area contributed by atoms with Crippen molar-refractivity contribution in [3.05, 3.63) is 87.5 Å². The van der Waals surface area contributed by atoms with Gasteiger partial charge in [0.1, 0.15) is 0 Å². The van der Waals surface area contributed by atoms with Crippen molar-refractivity contribution in [3.8, 4) is 27.6 Å². The van der Waals surface area contributed by atoms with Crippen LogP contribution in [0.4, 0.5) is 10.8 Å². The van der Waals surface area contributed by atoms with Gasteiger partial charge < -0.3 is 5.32 Å². The van der Waals surface area contributed by atoms with Gasteiger partial charge in [-0.25, -0.2) is 9.97 Å². The first-order valence-corrected chi connectivity index (χ1v) is 14.5. The first-order chi connectivity index (χ1) is 19.1. The smallest absolute Gasteiger partial charge is 0.301 e. The van der Waals surface area contributed by atoms with Crippen LogP contribution < -0.4 is 10.9 Å². The van der Waals surface area contributed by atoms with Gasteiger partial charge in [0.25, 0.3) is 5.91 Å². The zero-order valence-corrected chi connectivity index (χ0v) is 23.0. The molecule has 0 bridgehead atoms. The Morgan fingerprint density at radius 3 is 2.56 bits per heavy atom. The minimum atomic E-state index is -0.360. The molecule has 0 saturated heterocycles. The monoisotopic (exact) mass is 557 g/mol. The Morgan fingerprint density at radius 1 is 1.00 bits per heavy atom.